The van der Waals surface area contributed by atoms with Crippen molar-refractivity contribution in [2.45, 2.75) is 26.7 Å². The van der Waals surface area contributed by atoms with Crippen LogP contribution < -0.4 is 11.1 Å². The van der Waals surface area contributed by atoms with Crippen LogP contribution in [0.25, 0.3) is 0 Å². The van der Waals surface area contributed by atoms with Gasteiger partial charge in [-0.1, -0.05) is 13.3 Å². The van der Waals surface area contributed by atoms with Crippen LogP contribution in [-0.4, -0.2) is 15.9 Å². The van der Waals surface area contributed by atoms with Crippen molar-refractivity contribution < 1.29 is 4.79 Å². The first kappa shape index (κ1) is 15.4. The van der Waals surface area contributed by atoms with Gasteiger partial charge in [-0.25, -0.2) is 9.97 Å². The maximum atomic E-state index is 12.3. The molecule has 0 spiro atoms. The first-order valence-corrected chi connectivity index (χ1v) is 7.49. The smallest absolute Gasteiger partial charge is 0.257 e. The number of hydrogen-bond donors (Lipinski definition) is 2. The van der Waals surface area contributed by atoms with Crippen LogP contribution in [0.15, 0.2) is 28.9 Å². The largest absolute Gasteiger partial charge is 0.384 e. The fourth-order valence-electron chi connectivity index (χ4n) is 1.92. The van der Waals surface area contributed by atoms with Crippen molar-refractivity contribution in [2.24, 2.45) is 0 Å². The van der Waals surface area contributed by atoms with E-state index < -0.39 is 0 Å². The van der Waals surface area contributed by atoms with Crippen LogP contribution >= 0.6 is 15.9 Å². The number of amides is 1. The van der Waals surface area contributed by atoms with Crippen LogP contribution in [0.1, 0.15) is 35.0 Å². The number of halogens is 1. The third-order valence-corrected chi connectivity index (χ3v) is 3.79. The average Bonchev–Trinajstić information content (AvgIpc) is 2.42. The van der Waals surface area contributed by atoms with Gasteiger partial charge in [0.25, 0.3) is 5.91 Å². The summed E-state index contributed by atoms with van der Waals surface area (Å²) in [6.07, 6.45) is 3.40. The van der Waals surface area contributed by atoms with Crippen LogP contribution in [0.3, 0.4) is 0 Å². The monoisotopic (exact) mass is 348 g/mol. The summed E-state index contributed by atoms with van der Waals surface area (Å²) in [4.78, 5) is 20.6. The standard InChI is InChI=1S/C15H17BrN4O/c1-3-4-11-6-10(7-13(17)19-11)15(21)20-14-5-9(2)12(16)8-18-14/h5-8H,3-4H2,1-2H3,(H2,17,19)(H,18,20,21). The SMILES string of the molecule is CCCc1cc(C(=O)Nc2cc(C)c(Br)cn2)cc(N)n1. The quantitative estimate of drug-likeness (QED) is 0.887. The van der Waals surface area contributed by atoms with E-state index in [1.807, 2.05) is 6.92 Å². The lowest BCUT2D eigenvalue weighted by Gasteiger charge is -2.08. The summed E-state index contributed by atoms with van der Waals surface area (Å²) >= 11 is 3.38. The Balaban J connectivity index is 2.21. The molecule has 0 aliphatic heterocycles. The Bertz CT molecular complexity index is 673. The lowest BCUT2D eigenvalue weighted by atomic mass is 10.1. The molecule has 0 saturated heterocycles. The number of aromatic nitrogens is 2. The number of rotatable bonds is 4. The molecule has 0 bridgehead atoms. The Labute approximate surface area is 132 Å². The number of aryl methyl sites for hydroxylation is 2. The summed E-state index contributed by atoms with van der Waals surface area (Å²) in [6.45, 7) is 3.99. The van der Waals surface area contributed by atoms with Gasteiger partial charge in [-0.2, -0.15) is 0 Å². The molecule has 2 aromatic heterocycles. The molecule has 0 aromatic carbocycles. The number of anilines is 2. The second-order valence-electron chi connectivity index (χ2n) is 4.79. The van der Waals surface area contributed by atoms with E-state index in [0.29, 0.717) is 17.2 Å². The van der Waals surface area contributed by atoms with Crippen LogP contribution in [0.5, 0.6) is 0 Å². The zero-order valence-corrected chi connectivity index (χ0v) is 13.6. The zero-order chi connectivity index (χ0) is 15.4. The molecule has 0 aliphatic carbocycles. The van der Waals surface area contributed by atoms with Gasteiger partial charge in [0.1, 0.15) is 11.6 Å². The van der Waals surface area contributed by atoms with Gasteiger partial charge in [-0.3, -0.25) is 4.79 Å². The minimum absolute atomic E-state index is 0.240. The van der Waals surface area contributed by atoms with E-state index in [1.165, 1.54) is 0 Å². The summed E-state index contributed by atoms with van der Waals surface area (Å²) in [5.74, 6) is 0.620. The Morgan fingerprint density at radius 2 is 2.14 bits per heavy atom. The molecule has 5 nitrogen and oxygen atoms in total. The second-order valence-corrected chi connectivity index (χ2v) is 5.65. The van der Waals surface area contributed by atoms with Crippen molar-refractivity contribution in [1.29, 1.82) is 0 Å². The van der Waals surface area contributed by atoms with Crippen molar-refractivity contribution in [3.8, 4) is 0 Å². The van der Waals surface area contributed by atoms with Gasteiger partial charge >= 0.3 is 0 Å². The maximum Gasteiger partial charge on any atom is 0.257 e. The number of pyridine rings is 2. The van der Waals surface area contributed by atoms with E-state index in [-0.39, 0.29) is 5.91 Å². The van der Waals surface area contributed by atoms with Gasteiger partial charge in [-0.05, 0) is 53.0 Å². The molecule has 0 radical (unpaired) electrons. The fraction of sp³-hybridized carbons (Fsp3) is 0.267. The first-order chi connectivity index (χ1) is 9.99. The zero-order valence-electron chi connectivity index (χ0n) is 12.0. The molecular formula is C15H17BrN4O. The lowest BCUT2D eigenvalue weighted by molar-refractivity contribution is 0.102. The highest BCUT2D eigenvalue weighted by molar-refractivity contribution is 9.10. The molecule has 6 heteroatoms. The molecule has 21 heavy (non-hydrogen) atoms. The normalized spacial score (nSPS) is 10.4. The summed E-state index contributed by atoms with van der Waals surface area (Å²) in [6, 6.07) is 5.14. The Hall–Kier alpha value is -1.95. The summed E-state index contributed by atoms with van der Waals surface area (Å²) in [5.41, 5.74) is 8.07. The van der Waals surface area contributed by atoms with Crippen molar-refractivity contribution >= 4 is 33.5 Å². The second kappa shape index (κ2) is 6.67. The lowest BCUT2D eigenvalue weighted by Crippen LogP contribution is -2.14. The molecule has 0 unspecified atom stereocenters. The predicted molar refractivity (Wildman–Crippen MR) is 87.3 cm³/mol. The molecule has 1 amide bonds. The van der Waals surface area contributed by atoms with Gasteiger partial charge in [0, 0.05) is 21.9 Å². The predicted octanol–water partition coefficient (Wildman–Crippen LogP) is 3.33. The minimum atomic E-state index is -0.240. The highest BCUT2D eigenvalue weighted by Gasteiger charge is 2.10. The van der Waals surface area contributed by atoms with Gasteiger partial charge in [0.2, 0.25) is 0 Å². The topological polar surface area (TPSA) is 80.9 Å². The number of nitrogen functional groups attached to an aromatic ring is 1. The molecule has 2 rings (SSSR count). The Kier molecular flexibility index (Phi) is 4.90. The van der Waals surface area contributed by atoms with Gasteiger partial charge in [-0.15, -0.1) is 0 Å². The summed E-state index contributed by atoms with van der Waals surface area (Å²) in [7, 11) is 0. The highest BCUT2D eigenvalue weighted by atomic mass is 79.9. The number of nitrogens with one attached hydrogen (secondary N) is 1. The molecule has 0 fully saturated rings. The molecular weight excluding hydrogens is 332 g/mol. The van der Waals surface area contributed by atoms with E-state index in [0.717, 1.165) is 28.6 Å². The number of nitrogens with zero attached hydrogens (tertiary/aromatic N) is 2. The average molecular weight is 349 g/mol. The van der Waals surface area contributed by atoms with E-state index in [9.17, 15) is 4.79 Å². The first-order valence-electron chi connectivity index (χ1n) is 6.69. The fourth-order valence-corrected chi connectivity index (χ4v) is 2.14. The van der Waals surface area contributed by atoms with Crippen LogP contribution in [0.2, 0.25) is 0 Å². The number of hydrogen-bond acceptors (Lipinski definition) is 4. The van der Waals surface area contributed by atoms with Crippen molar-refractivity contribution in [3.05, 3.63) is 45.7 Å². The van der Waals surface area contributed by atoms with Crippen molar-refractivity contribution in [2.75, 3.05) is 11.1 Å². The maximum absolute atomic E-state index is 12.3. The third kappa shape index (κ3) is 4.01. The molecule has 0 atom stereocenters. The number of nitrogens with two attached hydrogens (primary N) is 1. The third-order valence-electron chi connectivity index (χ3n) is 2.96. The van der Waals surface area contributed by atoms with Crippen molar-refractivity contribution in [1.82, 2.24) is 9.97 Å². The molecule has 110 valence electrons. The minimum Gasteiger partial charge on any atom is -0.384 e. The molecule has 2 aromatic rings. The summed E-state index contributed by atoms with van der Waals surface area (Å²) in [5, 5.41) is 2.77. The molecule has 0 aliphatic rings. The Morgan fingerprint density at radius 1 is 1.38 bits per heavy atom. The van der Waals surface area contributed by atoms with E-state index in [1.54, 1.807) is 24.4 Å². The van der Waals surface area contributed by atoms with Crippen LogP contribution in [0, 0.1) is 6.92 Å². The molecule has 3 N–H and O–H groups in total. The van der Waals surface area contributed by atoms with E-state index in [2.05, 4.69) is 38.1 Å². The van der Waals surface area contributed by atoms with E-state index >= 15 is 0 Å². The molecule has 0 saturated carbocycles. The number of carbonyl (C=O) groups excluding carboxylic acids is 1. The van der Waals surface area contributed by atoms with Crippen LogP contribution in [-0.2, 0) is 6.42 Å². The number of carbonyl (C=O) groups is 1. The van der Waals surface area contributed by atoms with E-state index in [4.69, 9.17) is 5.73 Å². The van der Waals surface area contributed by atoms with Crippen molar-refractivity contribution in [3.63, 3.8) is 0 Å². The van der Waals surface area contributed by atoms with Gasteiger partial charge in [0.15, 0.2) is 0 Å². The van der Waals surface area contributed by atoms with Crippen LogP contribution in [0.4, 0.5) is 11.6 Å². The van der Waals surface area contributed by atoms with Gasteiger partial charge < -0.3 is 11.1 Å². The Morgan fingerprint density at radius 3 is 2.81 bits per heavy atom. The van der Waals surface area contributed by atoms with Gasteiger partial charge in [0.05, 0.1) is 0 Å². The highest BCUT2D eigenvalue weighted by Crippen LogP contribution is 2.18. The summed E-state index contributed by atoms with van der Waals surface area (Å²) < 4.78 is 0.902. The molecule has 2 heterocycles.